The lowest BCUT2D eigenvalue weighted by Gasteiger charge is -2.11. The van der Waals surface area contributed by atoms with Crippen molar-refractivity contribution in [3.05, 3.63) is 65.9 Å². The molecule has 0 aliphatic carbocycles. The number of hydrogen-bond acceptors (Lipinski definition) is 7. The first-order valence-electron chi connectivity index (χ1n) is 10.9. The second kappa shape index (κ2) is 7.55. The van der Waals surface area contributed by atoms with Crippen molar-refractivity contribution < 1.29 is 9.26 Å². The number of aromatic nitrogens is 5. The molecule has 0 spiro atoms. The maximum absolute atomic E-state index is 5.78. The van der Waals surface area contributed by atoms with E-state index in [9.17, 15) is 0 Å². The van der Waals surface area contributed by atoms with E-state index in [1.807, 2.05) is 51.1 Å². The summed E-state index contributed by atoms with van der Waals surface area (Å²) in [4.78, 5) is 17.3. The molecule has 2 aromatic carbocycles. The van der Waals surface area contributed by atoms with Crippen molar-refractivity contribution in [1.29, 1.82) is 0 Å². The van der Waals surface area contributed by atoms with E-state index < -0.39 is 0 Å². The molecule has 0 fully saturated rings. The average Bonchev–Trinajstić information content (AvgIpc) is 3.36. The second-order valence-corrected chi connectivity index (χ2v) is 8.30. The summed E-state index contributed by atoms with van der Waals surface area (Å²) in [6.45, 7) is 5.72. The molecule has 0 unspecified atom stereocenters. The summed E-state index contributed by atoms with van der Waals surface area (Å²) >= 11 is 0. The van der Waals surface area contributed by atoms with Gasteiger partial charge in [0, 0.05) is 33.7 Å². The smallest absolute Gasteiger partial charge is 0.144 e. The topological polar surface area (TPSA) is 102 Å². The number of H-pyrrole nitrogens is 1. The van der Waals surface area contributed by atoms with Crippen molar-refractivity contribution in [2.45, 2.75) is 20.8 Å². The van der Waals surface area contributed by atoms with E-state index in [1.165, 1.54) is 0 Å². The van der Waals surface area contributed by atoms with Gasteiger partial charge < -0.3 is 19.6 Å². The second-order valence-electron chi connectivity index (χ2n) is 8.30. The maximum Gasteiger partial charge on any atom is 0.144 e. The van der Waals surface area contributed by atoms with Crippen molar-refractivity contribution in [2.75, 3.05) is 12.4 Å². The van der Waals surface area contributed by atoms with Crippen LogP contribution in [-0.2, 0) is 0 Å². The standard InChI is InChI=1S/C26H22N6O2/c1-13-23(14(2)34-32-13)19-11-21-18(12-22(19)33-4)24-25(28-15(3)29-26(24)31-21)30-17-7-8-20-16(10-17)6-5-9-27-20/h5-12H,1-4H3,(H2,28,29,30,31). The number of aryl methyl sites for hydroxylation is 3. The van der Waals surface area contributed by atoms with Crippen LogP contribution in [0.5, 0.6) is 5.75 Å². The highest BCUT2D eigenvalue weighted by molar-refractivity contribution is 6.13. The van der Waals surface area contributed by atoms with Gasteiger partial charge in [-0.05, 0) is 57.2 Å². The van der Waals surface area contributed by atoms with Gasteiger partial charge in [0.1, 0.15) is 28.8 Å². The number of hydrogen-bond donors (Lipinski definition) is 2. The van der Waals surface area contributed by atoms with Crippen LogP contribution in [-0.4, -0.2) is 32.2 Å². The molecule has 4 aromatic heterocycles. The van der Waals surface area contributed by atoms with Crippen LogP contribution in [0, 0.1) is 20.8 Å². The number of fused-ring (bicyclic) bond motifs is 4. The van der Waals surface area contributed by atoms with Crippen molar-refractivity contribution >= 4 is 44.3 Å². The van der Waals surface area contributed by atoms with E-state index in [0.29, 0.717) is 5.82 Å². The highest BCUT2D eigenvalue weighted by Crippen LogP contribution is 2.41. The fourth-order valence-electron chi connectivity index (χ4n) is 4.55. The van der Waals surface area contributed by atoms with Crippen LogP contribution >= 0.6 is 0 Å². The molecule has 168 valence electrons. The number of aromatic amines is 1. The molecule has 0 saturated carbocycles. The van der Waals surface area contributed by atoms with E-state index in [1.54, 1.807) is 13.3 Å². The van der Waals surface area contributed by atoms with Gasteiger partial charge in [-0.1, -0.05) is 11.2 Å². The van der Waals surface area contributed by atoms with Crippen molar-refractivity contribution in [2.24, 2.45) is 0 Å². The van der Waals surface area contributed by atoms with Crippen LogP contribution in [0.2, 0.25) is 0 Å². The summed E-state index contributed by atoms with van der Waals surface area (Å²) in [6.07, 6.45) is 1.79. The van der Waals surface area contributed by atoms with Gasteiger partial charge >= 0.3 is 0 Å². The van der Waals surface area contributed by atoms with Crippen LogP contribution < -0.4 is 10.1 Å². The summed E-state index contributed by atoms with van der Waals surface area (Å²) < 4.78 is 11.2. The zero-order valence-corrected chi connectivity index (χ0v) is 19.2. The molecule has 34 heavy (non-hydrogen) atoms. The van der Waals surface area contributed by atoms with Gasteiger partial charge in [-0.15, -0.1) is 0 Å². The molecule has 2 N–H and O–H groups in total. The monoisotopic (exact) mass is 450 g/mol. The average molecular weight is 451 g/mol. The zero-order valence-electron chi connectivity index (χ0n) is 19.2. The quantitative estimate of drug-likeness (QED) is 0.340. The van der Waals surface area contributed by atoms with Gasteiger partial charge in [-0.2, -0.15) is 0 Å². The Labute approximate surface area is 195 Å². The third-order valence-electron chi connectivity index (χ3n) is 6.05. The Morgan fingerprint density at radius 1 is 1.03 bits per heavy atom. The number of methoxy groups -OCH3 is 1. The molecule has 4 heterocycles. The molecule has 6 aromatic rings. The Hall–Kier alpha value is -4.46. The van der Waals surface area contributed by atoms with Crippen LogP contribution in [0.3, 0.4) is 0 Å². The number of nitrogens with one attached hydrogen (secondary N) is 2. The molecule has 0 atom stereocenters. The minimum Gasteiger partial charge on any atom is -0.496 e. The summed E-state index contributed by atoms with van der Waals surface area (Å²) in [5.41, 5.74) is 6.22. The molecule has 0 bridgehead atoms. The molecule has 0 aliphatic heterocycles. The molecule has 0 amide bonds. The van der Waals surface area contributed by atoms with Crippen molar-refractivity contribution in [3.63, 3.8) is 0 Å². The molecular formula is C26H22N6O2. The highest BCUT2D eigenvalue weighted by atomic mass is 16.5. The minimum atomic E-state index is 0.668. The largest absolute Gasteiger partial charge is 0.496 e. The molecule has 6 rings (SSSR count). The summed E-state index contributed by atoms with van der Waals surface area (Å²) in [7, 11) is 1.67. The fraction of sp³-hybridized carbons (Fsp3) is 0.154. The number of anilines is 2. The minimum absolute atomic E-state index is 0.668. The zero-order chi connectivity index (χ0) is 23.4. The fourth-order valence-corrected chi connectivity index (χ4v) is 4.55. The van der Waals surface area contributed by atoms with E-state index in [2.05, 4.69) is 37.6 Å². The van der Waals surface area contributed by atoms with E-state index in [-0.39, 0.29) is 0 Å². The van der Waals surface area contributed by atoms with Crippen molar-refractivity contribution in [1.82, 2.24) is 25.1 Å². The number of ether oxygens (including phenoxy) is 1. The number of nitrogens with zero attached hydrogens (tertiary/aromatic N) is 4. The van der Waals surface area contributed by atoms with Crippen LogP contribution in [0.15, 0.2) is 53.2 Å². The molecule has 0 saturated heterocycles. The summed E-state index contributed by atoms with van der Waals surface area (Å²) in [6, 6.07) is 14.1. The normalized spacial score (nSPS) is 11.5. The number of rotatable bonds is 4. The van der Waals surface area contributed by atoms with Gasteiger partial charge in [0.2, 0.25) is 0 Å². The predicted octanol–water partition coefficient (Wildman–Crippen LogP) is 5.99. The molecule has 8 nitrogen and oxygen atoms in total. The third-order valence-corrected chi connectivity index (χ3v) is 6.05. The molecule has 8 heteroatoms. The van der Waals surface area contributed by atoms with Gasteiger partial charge in [-0.3, -0.25) is 4.98 Å². The van der Waals surface area contributed by atoms with E-state index in [4.69, 9.17) is 14.2 Å². The lowest BCUT2D eigenvalue weighted by Crippen LogP contribution is -1.98. The highest BCUT2D eigenvalue weighted by Gasteiger charge is 2.20. The molecule has 0 aliphatic rings. The lowest BCUT2D eigenvalue weighted by molar-refractivity contribution is 0.393. The Balaban J connectivity index is 1.55. The Morgan fingerprint density at radius 3 is 2.71 bits per heavy atom. The van der Waals surface area contributed by atoms with Crippen molar-refractivity contribution in [3.8, 4) is 16.9 Å². The Morgan fingerprint density at radius 2 is 1.91 bits per heavy atom. The first kappa shape index (κ1) is 20.2. The third kappa shape index (κ3) is 3.14. The molecule has 0 radical (unpaired) electrons. The SMILES string of the molecule is COc1cc2c(cc1-c1c(C)noc1C)[nH]c1nc(C)nc(Nc3ccc4ncccc4c3)c12. The maximum atomic E-state index is 5.78. The van der Waals surface area contributed by atoms with Gasteiger partial charge in [0.25, 0.3) is 0 Å². The predicted molar refractivity (Wildman–Crippen MR) is 133 cm³/mol. The Kier molecular flexibility index (Phi) is 4.48. The number of pyridine rings is 1. The summed E-state index contributed by atoms with van der Waals surface area (Å²) in [5, 5.41) is 10.5. The number of benzene rings is 2. The van der Waals surface area contributed by atoms with Gasteiger partial charge in [0.05, 0.1) is 29.3 Å². The van der Waals surface area contributed by atoms with Crippen LogP contribution in [0.4, 0.5) is 11.5 Å². The van der Waals surface area contributed by atoms with E-state index in [0.717, 1.165) is 72.7 Å². The Bertz CT molecular complexity index is 1700. The first-order chi connectivity index (χ1) is 16.5. The van der Waals surface area contributed by atoms with Gasteiger partial charge in [-0.25, -0.2) is 9.97 Å². The van der Waals surface area contributed by atoms with Gasteiger partial charge in [0.15, 0.2) is 0 Å². The summed E-state index contributed by atoms with van der Waals surface area (Å²) in [5.74, 6) is 2.87. The first-order valence-corrected chi connectivity index (χ1v) is 10.9. The van der Waals surface area contributed by atoms with E-state index >= 15 is 0 Å². The lowest BCUT2D eigenvalue weighted by atomic mass is 10.0. The van der Waals surface area contributed by atoms with Crippen LogP contribution in [0.25, 0.3) is 44.0 Å². The van der Waals surface area contributed by atoms with Crippen LogP contribution in [0.1, 0.15) is 17.3 Å². The molecular weight excluding hydrogens is 428 g/mol.